The molecule has 3 aromatic carbocycles. The first-order valence-corrected chi connectivity index (χ1v) is 10.3. The molecule has 4 nitrogen and oxygen atoms in total. The van der Waals surface area contributed by atoms with Gasteiger partial charge in [0.25, 0.3) is 0 Å². The lowest BCUT2D eigenvalue weighted by molar-refractivity contribution is 1.18. The van der Waals surface area contributed by atoms with Crippen LogP contribution in [0.1, 0.15) is 12.5 Å². The minimum Gasteiger partial charge on any atom is -0.260 e. The zero-order valence-electron chi connectivity index (χ0n) is 15.3. The summed E-state index contributed by atoms with van der Waals surface area (Å²) in [6.07, 6.45) is 0. The standard InChI is InChI=1S/C22H15BrCl2N4/c1-13(14-6-8-15(23)9-7-14)28-29-22-18-4-2-3-5-20(18)26-21(27-22)17-11-10-16(24)12-19(17)25/h2-12H,1H3,(H,26,27,29)/b28-13+. The Bertz CT molecular complexity index is 1220. The van der Waals surface area contributed by atoms with Gasteiger partial charge in [-0.15, -0.1) is 0 Å². The number of halogens is 3. The molecular weight excluding hydrogens is 471 g/mol. The molecule has 4 aromatic rings. The molecule has 0 aliphatic carbocycles. The molecule has 0 radical (unpaired) electrons. The van der Waals surface area contributed by atoms with Crippen molar-refractivity contribution in [1.29, 1.82) is 0 Å². The Labute approximate surface area is 186 Å². The monoisotopic (exact) mass is 484 g/mol. The molecule has 0 aliphatic rings. The number of aromatic nitrogens is 2. The Kier molecular flexibility index (Phi) is 5.81. The minimum atomic E-state index is 0.494. The van der Waals surface area contributed by atoms with E-state index in [1.165, 1.54) is 0 Å². The van der Waals surface area contributed by atoms with E-state index in [4.69, 9.17) is 23.2 Å². The summed E-state index contributed by atoms with van der Waals surface area (Å²) in [6.45, 7) is 1.94. The lowest BCUT2D eigenvalue weighted by Gasteiger charge is -2.10. The van der Waals surface area contributed by atoms with Crippen molar-refractivity contribution in [3.8, 4) is 11.4 Å². The summed E-state index contributed by atoms with van der Waals surface area (Å²) in [4.78, 5) is 9.34. The van der Waals surface area contributed by atoms with Gasteiger partial charge in [0.15, 0.2) is 11.6 Å². The molecule has 0 amide bonds. The van der Waals surface area contributed by atoms with Crippen LogP contribution in [0.4, 0.5) is 5.82 Å². The van der Waals surface area contributed by atoms with Crippen molar-refractivity contribution in [2.24, 2.45) is 5.10 Å². The first-order chi connectivity index (χ1) is 14.0. The highest BCUT2D eigenvalue weighted by Gasteiger charge is 2.12. The van der Waals surface area contributed by atoms with E-state index in [0.717, 1.165) is 26.7 Å². The average molecular weight is 486 g/mol. The smallest absolute Gasteiger partial charge is 0.163 e. The normalized spacial score (nSPS) is 11.7. The van der Waals surface area contributed by atoms with Gasteiger partial charge in [-0.1, -0.05) is 63.4 Å². The molecule has 1 heterocycles. The van der Waals surface area contributed by atoms with Gasteiger partial charge in [-0.2, -0.15) is 5.10 Å². The molecule has 0 unspecified atom stereocenters. The highest BCUT2D eigenvalue weighted by molar-refractivity contribution is 9.10. The summed E-state index contributed by atoms with van der Waals surface area (Å²) >= 11 is 15.8. The van der Waals surface area contributed by atoms with Gasteiger partial charge in [-0.05, 0) is 55.0 Å². The molecule has 0 bridgehead atoms. The van der Waals surface area contributed by atoms with Crippen LogP contribution in [0.5, 0.6) is 0 Å². The van der Waals surface area contributed by atoms with Crippen molar-refractivity contribution in [3.63, 3.8) is 0 Å². The van der Waals surface area contributed by atoms with Gasteiger partial charge in [0, 0.05) is 20.4 Å². The number of nitrogens with one attached hydrogen (secondary N) is 1. The first kappa shape index (κ1) is 19.8. The maximum absolute atomic E-state index is 6.37. The van der Waals surface area contributed by atoms with E-state index in [9.17, 15) is 0 Å². The Morgan fingerprint density at radius 3 is 2.48 bits per heavy atom. The highest BCUT2D eigenvalue weighted by Crippen LogP contribution is 2.31. The number of benzene rings is 3. The van der Waals surface area contributed by atoms with Gasteiger partial charge in [0.05, 0.1) is 16.3 Å². The average Bonchev–Trinajstić information content (AvgIpc) is 2.72. The number of rotatable bonds is 4. The second-order valence-corrected chi connectivity index (χ2v) is 8.11. The van der Waals surface area contributed by atoms with Crippen LogP contribution < -0.4 is 5.43 Å². The summed E-state index contributed by atoms with van der Waals surface area (Å²) in [5.74, 6) is 1.11. The van der Waals surface area contributed by atoms with Crippen molar-refractivity contribution in [3.05, 3.63) is 86.8 Å². The number of fused-ring (bicyclic) bond motifs is 1. The van der Waals surface area contributed by atoms with Crippen LogP contribution in [0.25, 0.3) is 22.3 Å². The fraction of sp³-hybridized carbons (Fsp3) is 0.0455. The molecule has 7 heteroatoms. The summed E-state index contributed by atoms with van der Waals surface area (Å²) in [5, 5.41) is 6.45. The van der Waals surface area contributed by atoms with Crippen molar-refractivity contribution in [1.82, 2.24) is 9.97 Å². The number of anilines is 1. The van der Waals surface area contributed by atoms with Crippen LogP contribution in [0.3, 0.4) is 0 Å². The summed E-state index contributed by atoms with van der Waals surface area (Å²) in [5.41, 5.74) is 6.45. The van der Waals surface area contributed by atoms with E-state index in [0.29, 0.717) is 27.3 Å². The summed E-state index contributed by atoms with van der Waals surface area (Å²) < 4.78 is 1.02. The maximum atomic E-state index is 6.37. The van der Waals surface area contributed by atoms with Crippen LogP contribution in [0, 0.1) is 0 Å². The Morgan fingerprint density at radius 2 is 1.72 bits per heavy atom. The predicted molar refractivity (Wildman–Crippen MR) is 125 cm³/mol. The van der Waals surface area contributed by atoms with E-state index in [1.807, 2.05) is 61.5 Å². The van der Waals surface area contributed by atoms with Crippen LogP contribution in [0.2, 0.25) is 10.0 Å². The molecule has 0 atom stereocenters. The number of hydrogen-bond donors (Lipinski definition) is 1. The van der Waals surface area contributed by atoms with Gasteiger partial charge >= 0.3 is 0 Å². The van der Waals surface area contributed by atoms with E-state index >= 15 is 0 Å². The topological polar surface area (TPSA) is 50.2 Å². The number of hydrazone groups is 1. The Hall–Kier alpha value is -2.47. The van der Waals surface area contributed by atoms with Crippen LogP contribution in [0.15, 0.2) is 76.3 Å². The fourth-order valence-corrected chi connectivity index (χ4v) is 3.60. The van der Waals surface area contributed by atoms with Gasteiger partial charge in [-0.3, -0.25) is 5.43 Å². The molecule has 1 N–H and O–H groups in total. The Balaban J connectivity index is 1.76. The van der Waals surface area contributed by atoms with Crippen molar-refractivity contribution >= 4 is 61.6 Å². The molecular formula is C22H15BrCl2N4. The maximum Gasteiger partial charge on any atom is 0.163 e. The summed E-state index contributed by atoms with van der Waals surface area (Å²) in [7, 11) is 0. The molecule has 144 valence electrons. The van der Waals surface area contributed by atoms with Crippen LogP contribution in [-0.2, 0) is 0 Å². The second-order valence-electron chi connectivity index (χ2n) is 6.35. The van der Waals surface area contributed by atoms with Crippen molar-refractivity contribution < 1.29 is 0 Å². The van der Waals surface area contributed by atoms with Gasteiger partial charge in [-0.25, -0.2) is 9.97 Å². The van der Waals surface area contributed by atoms with E-state index in [2.05, 4.69) is 36.4 Å². The Morgan fingerprint density at radius 1 is 0.966 bits per heavy atom. The number of para-hydroxylation sites is 1. The molecule has 0 saturated carbocycles. The fourth-order valence-electron chi connectivity index (χ4n) is 2.85. The second kappa shape index (κ2) is 8.49. The van der Waals surface area contributed by atoms with Gasteiger partial charge < -0.3 is 0 Å². The molecule has 0 fully saturated rings. The van der Waals surface area contributed by atoms with Crippen molar-refractivity contribution in [2.45, 2.75) is 6.92 Å². The predicted octanol–water partition coefficient (Wildman–Crippen LogP) is 7.20. The highest BCUT2D eigenvalue weighted by atomic mass is 79.9. The molecule has 29 heavy (non-hydrogen) atoms. The molecule has 0 spiro atoms. The lowest BCUT2D eigenvalue weighted by Crippen LogP contribution is -2.03. The minimum absolute atomic E-state index is 0.494. The van der Waals surface area contributed by atoms with Gasteiger partial charge in [0.2, 0.25) is 0 Å². The third kappa shape index (κ3) is 4.42. The largest absolute Gasteiger partial charge is 0.260 e. The van der Waals surface area contributed by atoms with E-state index in [1.54, 1.807) is 12.1 Å². The third-order valence-corrected chi connectivity index (χ3v) is 5.44. The third-order valence-electron chi connectivity index (χ3n) is 4.37. The first-order valence-electron chi connectivity index (χ1n) is 8.80. The zero-order chi connectivity index (χ0) is 20.4. The molecule has 4 rings (SSSR count). The number of nitrogens with zero attached hydrogens (tertiary/aromatic N) is 3. The van der Waals surface area contributed by atoms with Crippen LogP contribution >= 0.6 is 39.1 Å². The summed E-state index contributed by atoms with van der Waals surface area (Å²) in [6, 6.07) is 21.0. The van der Waals surface area contributed by atoms with Gasteiger partial charge in [0.1, 0.15) is 0 Å². The lowest BCUT2D eigenvalue weighted by atomic mass is 10.1. The van der Waals surface area contributed by atoms with E-state index < -0.39 is 0 Å². The molecule has 0 saturated heterocycles. The quantitative estimate of drug-likeness (QED) is 0.245. The zero-order valence-corrected chi connectivity index (χ0v) is 18.4. The molecule has 1 aromatic heterocycles. The SMILES string of the molecule is C/C(=N\Nc1nc(-c2ccc(Cl)cc2Cl)nc2ccccc12)c1ccc(Br)cc1. The van der Waals surface area contributed by atoms with Crippen LogP contribution in [-0.4, -0.2) is 15.7 Å². The number of hydrogen-bond acceptors (Lipinski definition) is 4. The van der Waals surface area contributed by atoms with Crippen molar-refractivity contribution in [2.75, 3.05) is 5.43 Å². The van der Waals surface area contributed by atoms with E-state index in [-0.39, 0.29) is 0 Å². The molecule has 0 aliphatic heterocycles.